The van der Waals surface area contributed by atoms with Crippen LogP contribution in [0.2, 0.25) is 0 Å². The Morgan fingerprint density at radius 1 is 1.27 bits per heavy atom. The van der Waals surface area contributed by atoms with E-state index in [9.17, 15) is 13.6 Å². The number of hydrogen-bond donors (Lipinski definition) is 1. The molecule has 1 amide bonds. The Morgan fingerprint density at radius 2 is 2.07 bits per heavy atom. The highest BCUT2D eigenvalue weighted by molar-refractivity contribution is 5.92. The quantitative estimate of drug-likeness (QED) is 0.685. The monoisotopic (exact) mass is 417 g/mol. The van der Waals surface area contributed by atoms with E-state index in [0.29, 0.717) is 36.8 Å². The summed E-state index contributed by atoms with van der Waals surface area (Å²) in [6.45, 7) is 5.10. The SMILES string of the molecule is CCn1c(C(NC(=O)c2cnc(C)cn2)C2COCCO2)nc2cc(F)c(F)cc21. The smallest absolute Gasteiger partial charge is 0.272 e. The van der Waals surface area contributed by atoms with Crippen molar-refractivity contribution in [2.24, 2.45) is 0 Å². The van der Waals surface area contributed by atoms with Crippen LogP contribution < -0.4 is 5.32 Å². The van der Waals surface area contributed by atoms with E-state index >= 15 is 0 Å². The molecule has 0 radical (unpaired) electrons. The topological polar surface area (TPSA) is 91.2 Å². The lowest BCUT2D eigenvalue weighted by molar-refractivity contribution is -0.102. The maximum Gasteiger partial charge on any atom is 0.272 e. The van der Waals surface area contributed by atoms with Crippen LogP contribution in [-0.4, -0.2) is 51.4 Å². The number of benzene rings is 1. The number of fused-ring (bicyclic) bond motifs is 1. The molecule has 1 saturated heterocycles. The molecule has 0 saturated carbocycles. The van der Waals surface area contributed by atoms with Gasteiger partial charge in [0.25, 0.3) is 5.91 Å². The van der Waals surface area contributed by atoms with Crippen LogP contribution in [-0.2, 0) is 16.0 Å². The Labute approximate surface area is 171 Å². The number of aryl methyl sites for hydroxylation is 2. The van der Waals surface area contributed by atoms with Gasteiger partial charge in [0.05, 0.1) is 42.7 Å². The molecule has 3 aromatic rings. The fraction of sp³-hybridized carbons (Fsp3) is 0.400. The summed E-state index contributed by atoms with van der Waals surface area (Å²) in [6.07, 6.45) is 2.35. The zero-order valence-electron chi connectivity index (χ0n) is 16.6. The van der Waals surface area contributed by atoms with Crippen LogP contribution in [0.15, 0.2) is 24.5 Å². The van der Waals surface area contributed by atoms with E-state index in [2.05, 4.69) is 20.3 Å². The molecule has 2 aromatic heterocycles. The summed E-state index contributed by atoms with van der Waals surface area (Å²) >= 11 is 0. The molecular weight excluding hydrogens is 396 g/mol. The maximum atomic E-state index is 13.8. The van der Waals surface area contributed by atoms with Crippen LogP contribution in [0.5, 0.6) is 0 Å². The molecule has 2 unspecified atom stereocenters. The van der Waals surface area contributed by atoms with Gasteiger partial charge in [-0.1, -0.05) is 0 Å². The highest BCUT2D eigenvalue weighted by Crippen LogP contribution is 2.27. The largest absolute Gasteiger partial charge is 0.376 e. The fourth-order valence-electron chi connectivity index (χ4n) is 3.46. The fourth-order valence-corrected chi connectivity index (χ4v) is 3.46. The van der Waals surface area contributed by atoms with E-state index in [0.717, 1.165) is 12.1 Å². The predicted octanol–water partition coefficient (Wildman–Crippen LogP) is 2.32. The number of amides is 1. The third kappa shape index (κ3) is 3.88. The first-order valence-corrected chi connectivity index (χ1v) is 9.62. The molecule has 2 atom stereocenters. The zero-order valence-corrected chi connectivity index (χ0v) is 16.6. The number of imidazole rings is 1. The van der Waals surface area contributed by atoms with Crippen molar-refractivity contribution in [2.45, 2.75) is 32.5 Å². The van der Waals surface area contributed by atoms with Gasteiger partial charge in [0, 0.05) is 24.9 Å². The minimum Gasteiger partial charge on any atom is -0.376 e. The minimum atomic E-state index is -0.984. The number of carbonyl (C=O) groups is 1. The predicted molar refractivity (Wildman–Crippen MR) is 103 cm³/mol. The van der Waals surface area contributed by atoms with Crippen molar-refractivity contribution in [1.82, 2.24) is 24.8 Å². The lowest BCUT2D eigenvalue weighted by atomic mass is 10.1. The number of nitrogens with one attached hydrogen (secondary N) is 1. The minimum absolute atomic E-state index is 0.138. The van der Waals surface area contributed by atoms with Gasteiger partial charge in [0.2, 0.25) is 0 Å². The third-order valence-corrected chi connectivity index (χ3v) is 4.93. The first-order chi connectivity index (χ1) is 14.5. The average molecular weight is 417 g/mol. The number of carbonyl (C=O) groups excluding carboxylic acids is 1. The Kier molecular flexibility index (Phi) is 5.69. The zero-order chi connectivity index (χ0) is 21.3. The highest BCUT2D eigenvalue weighted by atomic mass is 19.2. The normalized spacial score (nSPS) is 17.8. The molecule has 1 aliphatic rings. The Bertz CT molecular complexity index is 1060. The molecule has 158 valence electrons. The summed E-state index contributed by atoms with van der Waals surface area (Å²) in [5.41, 5.74) is 1.54. The second-order valence-electron chi connectivity index (χ2n) is 6.95. The molecule has 0 bridgehead atoms. The molecule has 1 aromatic carbocycles. The lowest BCUT2D eigenvalue weighted by Crippen LogP contribution is -2.44. The summed E-state index contributed by atoms with van der Waals surface area (Å²) in [5, 5.41) is 2.89. The van der Waals surface area contributed by atoms with Crippen LogP contribution in [0.3, 0.4) is 0 Å². The molecule has 1 aliphatic heterocycles. The second kappa shape index (κ2) is 8.41. The van der Waals surface area contributed by atoms with E-state index in [1.807, 2.05) is 6.92 Å². The molecule has 30 heavy (non-hydrogen) atoms. The van der Waals surface area contributed by atoms with Crippen molar-refractivity contribution in [3.8, 4) is 0 Å². The third-order valence-electron chi connectivity index (χ3n) is 4.93. The number of aromatic nitrogens is 4. The van der Waals surface area contributed by atoms with E-state index in [4.69, 9.17) is 9.47 Å². The van der Waals surface area contributed by atoms with Crippen molar-refractivity contribution in [1.29, 1.82) is 0 Å². The van der Waals surface area contributed by atoms with Gasteiger partial charge in [-0.15, -0.1) is 0 Å². The van der Waals surface area contributed by atoms with Gasteiger partial charge in [-0.25, -0.2) is 18.7 Å². The number of ether oxygens (including phenoxy) is 2. The van der Waals surface area contributed by atoms with Crippen molar-refractivity contribution >= 4 is 16.9 Å². The molecule has 10 heteroatoms. The van der Waals surface area contributed by atoms with Gasteiger partial charge in [-0.05, 0) is 13.8 Å². The van der Waals surface area contributed by atoms with Crippen LogP contribution in [0.25, 0.3) is 11.0 Å². The van der Waals surface area contributed by atoms with Gasteiger partial charge < -0.3 is 19.4 Å². The molecule has 0 spiro atoms. The summed E-state index contributed by atoms with van der Waals surface area (Å²) < 4.78 is 40.7. The van der Waals surface area contributed by atoms with Gasteiger partial charge in [-0.3, -0.25) is 9.78 Å². The summed E-state index contributed by atoms with van der Waals surface area (Å²) in [6, 6.07) is 1.43. The highest BCUT2D eigenvalue weighted by Gasteiger charge is 2.33. The van der Waals surface area contributed by atoms with Crippen LogP contribution in [0.4, 0.5) is 8.78 Å². The second-order valence-corrected chi connectivity index (χ2v) is 6.95. The van der Waals surface area contributed by atoms with E-state index in [1.54, 1.807) is 11.5 Å². The average Bonchev–Trinajstić information content (AvgIpc) is 3.10. The number of hydrogen-bond acceptors (Lipinski definition) is 6. The van der Waals surface area contributed by atoms with Crippen molar-refractivity contribution < 1.29 is 23.0 Å². The molecule has 8 nitrogen and oxygen atoms in total. The molecule has 4 rings (SSSR count). The standard InChI is InChI=1S/C20H21F2N5O3/c1-3-27-16-7-13(22)12(21)6-14(16)25-19(27)18(17-10-29-4-5-30-17)26-20(28)15-9-23-11(2)8-24-15/h6-9,17-18H,3-5,10H2,1-2H3,(H,26,28). The molecule has 1 N–H and O–H groups in total. The van der Waals surface area contributed by atoms with Gasteiger partial charge in [0.15, 0.2) is 11.6 Å². The van der Waals surface area contributed by atoms with E-state index in [-0.39, 0.29) is 17.8 Å². The van der Waals surface area contributed by atoms with E-state index < -0.39 is 29.7 Å². The lowest BCUT2D eigenvalue weighted by Gasteiger charge is -2.30. The van der Waals surface area contributed by atoms with Crippen LogP contribution >= 0.6 is 0 Å². The number of rotatable bonds is 5. The van der Waals surface area contributed by atoms with E-state index in [1.165, 1.54) is 12.4 Å². The first kappa shape index (κ1) is 20.3. The first-order valence-electron chi connectivity index (χ1n) is 9.62. The molecular formula is C20H21F2N5O3. The maximum absolute atomic E-state index is 13.8. The summed E-state index contributed by atoms with van der Waals surface area (Å²) in [7, 11) is 0. The van der Waals surface area contributed by atoms with Gasteiger partial charge in [-0.2, -0.15) is 0 Å². The van der Waals surface area contributed by atoms with Crippen molar-refractivity contribution in [3.63, 3.8) is 0 Å². The number of halogens is 2. The Morgan fingerprint density at radius 3 is 2.73 bits per heavy atom. The summed E-state index contributed by atoms with van der Waals surface area (Å²) in [5.74, 6) is -1.99. The number of nitrogens with zero attached hydrogens (tertiary/aromatic N) is 4. The Balaban J connectivity index is 1.75. The summed E-state index contributed by atoms with van der Waals surface area (Å²) in [4.78, 5) is 25.5. The van der Waals surface area contributed by atoms with Gasteiger partial charge in [0.1, 0.15) is 23.7 Å². The molecule has 0 aliphatic carbocycles. The molecule has 1 fully saturated rings. The van der Waals surface area contributed by atoms with Crippen LogP contribution in [0.1, 0.15) is 35.0 Å². The van der Waals surface area contributed by atoms with Crippen molar-refractivity contribution in [2.75, 3.05) is 19.8 Å². The molecule has 3 heterocycles. The van der Waals surface area contributed by atoms with Gasteiger partial charge >= 0.3 is 0 Å². The van der Waals surface area contributed by atoms with Crippen molar-refractivity contribution in [3.05, 3.63) is 53.4 Å². The van der Waals surface area contributed by atoms with Crippen LogP contribution in [0, 0.1) is 18.6 Å². The Hall–Kier alpha value is -2.98.